The van der Waals surface area contributed by atoms with Crippen molar-refractivity contribution in [3.8, 4) is 0 Å². The van der Waals surface area contributed by atoms with E-state index in [0.29, 0.717) is 17.5 Å². The molecule has 0 aliphatic heterocycles. The van der Waals surface area contributed by atoms with Crippen LogP contribution in [0, 0.1) is 0 Å². The number of carbonyl (C=O) groups is 2. The van der Waals surface area contributed by atoms with E-state index in [2.05, 4.69) is 6.58 Å². The second-order valence-electron chi connectivity index (χ2n) is 4.01. The molecule has 0 spiro atoms. The van der Waals surface area contributed by atoms with Gasteiger partial charge >= 0.3 is 5.97 Å². The Morgan fingerprint density at radius 3 is 2.72 bits per heavy atom. The molecule has 0 radical (unpaired) electrons. The summed E-state index contributed by atoms with van der Waals surface area (Å²) in [6.07, 6.45) is 3.85. The molecule has 1 aromatic rings. The van der Waals surface area contributed by atoms with E-state index in [1.807, 2.05) is 13.0 Å². The van der Waals surface area contributed by atoms with Crippen LogP contribution in [-0.2, 0) is 9.53 Å². The van der Waals surface area contributed by atoms with E-state index in [9.17, 15) is 9.59 Å². The number of ketones is 1. The minimum atomic E-state index is -0.477. The van der Waals surface area contributed by atoms with Crippen molar-refractivity contribution >= 4 is 17.8 Å². The number of Topliss-reactive ketones (excluding diaryl/α,β-unsaturated/α-hetero) is 1. The molecule has 0 N–H and O–H groups in total. The van der Waals surface area contributed by atoms with Crippen molar-refractivity contribution in [1.82, 2.24) is 0 Å². The summed E-state index contributed by atoms with van der Waals surface area (Å²) in [7, 11) is 0. The number of rotatable bonds is 7. The van der Waals surface area contributed by atoms with Gasteiger partial charge in [-0.3, -0.25) is 4.79 Å². The highest BCUT2D eigenvalue weighted by atomic mass is 16.5. The first-order chi connectivity index (χ1) is 8.69. The van der Waals surface area contributed by atoms with Gasteiger partial charge in [0.2, 0.25) is 0 Å². The molecule has 1 aromatic carbocycles. The lowest BCUT2D eigenvalue weighted by molar-refractivity contribution is -0.122. The van der Waals surface area contributed by atoms with Crippen LogP contribution in [0.15, 0.2) is 30.8 Å². The maximum absolute atomic E-state index is 11.8. The summed E-state index contributed by atoms with van der Waals surface area (Å²) in [5, 5.41) is 0. The van der Waals surface area contributed by atoms with Gasteiger partial charge in [-0.25, -0.2) is 4.79 Å². The molecule has 0 atom stereocenters. The van der Waals surface area contributed by atoms with Crippen molar-refractivity contribution in [2.24, 2.45) is 0 Å². The van der Waals surface area contributed by atoms with E-state index in [4.69, 9.17) is 4.74 Å². The average Bonchev–Trinajstić information content (AvgIpc) is 2.42. The summed E-state index contributed by atoms with van der Waals surface area (Å²) in [5.41, 5.74) is 1.15. The Kier molecular flexibility index (Phi) is 5.85. The lowest BCUT2D eigenvalue weighted by Crippen LogP contribution is -2.14. The summed E-state index contributed by atoms with van der Waals surface area (Å²) in [6.45, 7) is 5.50. The van der Waals surface area contributed by atoms with Gasteiger partial charge in [-0.05, 0) is 18.1 Å². The van der Waals surface area contributed by atoms with Crippen LogP contribution in [0.2, 0.25) is 0 Å². The predicted octanol–water partition coefficient (Wildman–Crippen LogP) is 3.25. The Morgan fingerprint density at radius 2 is 2.06 bits per heavy atom. The molecule has 96 valence electrons. The maximum atomic E-state index is 11.8. The summed E-state index contributed by atoms with van der Waals surface area (Å²) in [4.78, 5) is 23.2. The second-order valence-corrected chi connectivity index (χ2v) is 4.01. The summed E-state index contributed by atoms with van der Waals surface area (Å²) in [5.74, 6) is -0.517. The van der Waals surface area contributed by atoms with E-state index in [1.54, 1.807) is 24.3 Å². The standard InChI is InChI=1S/C15H18O3/c1-3-5-9-13(16)11-18-15(17)14-10-7-6-8-12(14)4-2/h4,6-8,10H,2-3,5,9,11H2,1H3. The number of hydrogen-bond acceptors (Lipinski definition) is 3. The molecule has 0 unspecified atom stereocenters. The molecule has 0 aliphatic carbocycles. The van der Waals surface area contributed by atoms with Crippen molar-refractivity contribution in [2.75, 3.05) is 6.61 Å². The SMILES string of the molecule is C=Cc1ccccc1C(=O)OCC(=O)CCCC. The molecule has 0 saturated heterocycles. The molecular formula is C15H18O3. The molecule has 0 fully saturated rings. The van der Waals surface area contributed by atoms with E-state index in [1.165, 1.54) is 0 Å². The Morgan fingerprint density at radius 1 is 1.33 bits per heavy atom. The number of carbonyl (C=O) groups excluding carboxylic acids is 2. The van der Waals surface area contributed by atoms with Gasteiger partial charge in [0.05, 0.1) is 5.56 Å². The van der Waals surface area contributed by atoms with Crippen LogP contribution in [0.4, 0.5) is 0 Å². The van der Waals surface area contributed by atoms with Crippen LogP contribution < -0.4 is 0 Å². The molecule has 0 aliphatic rings. The Bertz CT molecular complexity index is 435. The van der Waals surface area contributed by atoms with Gasteiger partial charge in [-0.2, -0.15) is 0 Å². The highest BCUT2D eigenvalue weighted by Gasteiger charge is 2.12. The van der Waals surface area contributed by atoms with Crippen LogP contribution in [0.5, 0.6) is 0 Å². The monoisotopic (exact) mass is 246 g/mol. The highest BCUT2D eigenvalue weighted by Crippen LogP contribution is 2.11. The number of benzene rings is 1. The quantitative estimate of drug-likeness (QED) is 0.694. The van der Waals surface area contributed by atoms with Crippen LogP contribution >= 0.6 is 0 Å². The third kappa shape index (κ3) is 4.17. The zero-order valence-electron chi connectivity index (χ0n) is 10.6. The number of esters is 1. The van der Waals surface area contributed by atoms with E-state index >= 15 is 0 Å². The minimum Gasteiger partial charge on any atom is -0.454 e. The molecule has 18 heavy (non-hydrogen) atoms. The largest absolute Gasteiger partial charge is 0.454 e. The van der Waals surface area contributed by atoms with Crippen molar-refractivity contribution in [2.45, 2.75) is 26.2 Å². The Hall–Kier alpha value is -1.90. The van der Waals surface area contributed by atoms with Crippen molar-refractivity contribution in [3.05, 3.63) is 42.0 Å². The zero-order chi connectivity index (χ0) is 13.4. The van der Waals surface area contributed by atoms with Crippen molar-refractivity contribution in [1.29, 1.82) is 0 Å². The van der Waals surface area contributed by atoms with Crippen LogP contribution in [-0.4, -0.2) is 18.4 Å². The van der Waals surface area contributed by atoms with Crippen molar-refractivity contribution < 1.29 is 14.3 Å². The van der Waals surface area contributed by atoms with Gasteiger partial charge in [0.1, 0.15) is 6.61 Å². The first-order valence-corrected chi connectivity index (χ1v) is 6.09. The fraction of sp³-hybridized carbons (Fsp3) is 0.333. The Balaban J connectivity index is 2.55. The van der Waals surface area contributed by atoms with Gasteiger partial charge in [-0.1, -0.05) is 44.2 Å². The molecule has 3 heteroatoms. The van der Waals surface area contributed by atoms with Crippen LogP contribution in [0.25, 0.3) is 6.08 Å². The third-order valence-electron chi connectivity index (χ3n) is 2.57. The van der Waals surface area contributed by atoms with Crippen LogP contribution in [0.3, 0.4) is 0 Å². The summed E-state index contributed by atoms with van der Waals surface area (Å²) in [6, 6.07) is 7.01. The fourth-order valence-electron chi connectivity index (χ4n) is 1.53. The first kappa shape index (κ1) is 14.2. The minimum absolute atomic E-state index is 0.0405. The smallest absolute Gasteiger partial charge is 0.339 e. The molecule has 1 rings (SSSR count). The van der Waals surface area contributed by atoms with E-state index < -0.39 is 5.97 Å². The topological polar surface area (TPSA) is 43.4 Å². The summed E-state index contributed by atoms with van der Waals surface area (Å²) >= 11 is 0. The third-order valence-corrected chi connectivity index (χ3v) is 2.57. The Labute approximate surface area is 107 Å². The number of unbranched alkanes of at least 4 members (excludes halogenated alkanes) is 1. The van der Waals surface area contributed by atoms with Gasteiger partial charge in [0, 0.05) is 6.42 Å². The van der Waals surface area contributed by atoms with Crippen molar-refractivity contribution in [3.63, 3.8) is 0 Å². The number of hydrogen-bond donors (Lipinski definition) is 0. The predicted molar refractivity (Wildman–Crippen MR) is 71.3 cm³/mol. The molecule has 0 bridgehead atoms. The molecule has 0 saturated carbocycles. The lowest BCUT2D eigenvalue weighted by Gasteiger charge is -2.06. The van der Waals surface area contributed by atoms with E-state index in [-0.39, 0.29) is 12.4 Å². The normalized spacial score (nSPS) is 9.83. The second kappa shape index (κ2) is 7.43. The first-order valence-electron chi connectivity index (χ1n) is 6.09. The average molecular weight is 246 g/mol. The van der Waals surface area contributed by atoms with E-state index in [0.717, 1.165) is 12.8 Å². The van der Waals surface area contributed by atoms with Gasteiger partial charge in [0.15, 0.2) is 5.78 Å². The molecular weight excluding hydrogens is 228 g/mol. The van der Waals surface area contributed by atoms with Gasteiger partial charge < -0.3 is 4.74 Å². The fourth-order valence-corrected chi connectivity index (χ4v) is 1.53. The molecule has 3 nitrogen and oxygen atoms in total. The van der Waals surface area contributed by atoms with Gasteiger partial charge in [-0.15, -0.1) is 0 Å². The lowest BCUT2D eigenvalue weighted by atomic mass is 10.1. The molecule has 0 aromatic heterocycles. The van der Waals surface area contributed by atoms with Crippen LogP contribution in [0.1, 0.15) is 42.1 Å². The molecule has 0 amide bonds. The summed E-state index contributed by atoms with van der Waals surface area (Å²) < 4.78 is 4.99. The highest BCUT2D eigenvalue weighted by molar-refractivity contribution is 5.95. The zero-order valence-corrected chi connectivity index (χ0v) is 10.6. The number of ether oxygens (including phenoxy) is 1. The molecule has 0 heterocycles. The van der Waals surface area contributed by atoms with Gasteiger partial charge in [0.25, 0.3) is 0 Å². The maximum Gasteiger partial charge on any atom is 0.339 e.